The van der Waals surface area contributed by atoms with Crippen molar-refractivity contribution in [3.05, 3.63) is 28.7 Å². The average molecular weight is 596 g/mol. The maximum absolute atomic E-state index is 13.6. The summed E-state index contributed by atoms with van der Waals surface area (Å²) in [5, 5.41) is 0. The van der Waals surface area contributed by atoms with Gasteiger partial charge in [0, 0.05) is 27.7 Å². The summed E-state index contributed by atoms with van der Waals surface area (Å²) in [6.07, 6.45) is -5.33. The molecular formula is C25H25NO12S2. The first kappa shape index (κ1) is 29.3. The number of benzene rings is 1. The normalized spacial score (nSPS) is 26.4. The number of ether oxygens (including phenoxy) is 7. The summed E-state index contributed by atoms with van der Waals surface area (Å²) in [7, 11) is 0. The maximum atomic E-state index is 13.6. The maximum Gasteiger partial charge on any atom is 0.303 e. The number of carbonyl (C=O) groups excluding carboxylic acids is 5. The second-order valence-electron chi connectivity index (χ2n) is 8.75. The van der Waals surface area contributed by atoms with Crippen LogP contribution in [0.2, 0.25) is 0 Å². The van der Waals surface area contributed by atoms with Crippen LogP contribution in [0.4, 0.5) is 0 Å². The van der Waals surface area contributed by atoms with Crippen LogP contribution in [-0.4, -0.2) is 83.0 Å². The van der Waals surface area contributed by atoms with Crippen LogP contribution in [0, 0.1) is 0 Å². The topological polar surface area (TPSA) is 153 Å². The van der Waals surface area contributed by atoms with Crippen LogP contribution in [0.3, 0.4) is 0 Å². The van der Waals surface area contributed by atoms with Crippen molar-refractivity contribution in [2.24, 2.45) is 0 Å². The highest BCUT2D eigenvalue weighted by Crippen LogP contribution is 2.40. The third-order valence-electron chi connectivity index (χ3n) is 5.74. The van der Waals surface area contributed by atoms with Gasteiger partial charge in [-0.2, -0.15) is 0 Å². The number of thiocarbonyl (C=S) groups is 1. The van der Waals surface area contributed by atoms with Crippen LogP contribution in [0.1, 0.15) is 33.3 Å². The summed E-state index contributed by atoms with van der Waals surface area (Å²) in [5.41, 5.74) is 0.631. The fourth-order valence-electron chi connectivity index (χ4n) is 4.27. The molecule has 214 valence electrons. The monoisotopic (exact) mass is 595 g/mol. The molecule has 0 aromatic heterocycles. The van der Waals surface area contributed by atoms with Gasteiger partial charge in [0.25, 0.3) is 5.91 Å². The smallest absolute Gasteiger partial charge is 0.303 e. The fraction of sp³-hybridized carbons (Fsp3) is 0.440. The lowest BCUT2D eigenvalue weighted by molar-refractivity contribution is -0.268. The minimum Gasteiger partial charge on any atom is -0.463 e. The van der Waals surface area contributed by atoms with E-state index in [-0.39, 0.29) is 16.0 Å². The van der Waals surface area contributed by atoms with Gasteiger partial charge in [-0.3, -0.25) is 28.9 Å². The SMILES string of the molecule is CC(=O)OC[C@@H]1O[C@H](N2C(=O)/C(=C\c3ccc4c(c3)OCO4)SC2=S)[C@@H](OC(C)=O)[C@H](OC(C)=O)[C@H]1OC(C)=O. The van der Waals surface area contributed by atoms with Crippen molar-refractivity contribution in [1.29, 1.82) is 0 Å². The van der Waals surface area contributed by atoms with Crippen molar-refractivity contribution >= 4 is 64.2 Å². The van der Waals surface area contributed by atoms with Gasteiger partial charge in [0.05, 0.1) is 4.91 Å². The number of hydrogen-bond acceptors (Lipinski definition) is 14. The molecule has 5 atom stereocenters. The Bertz CT molecular complexity index is 1280. The zero-order chi connectivity index (χ0) is 29.1. The Balaban J connectivity index is 1.71. The van der Waals surface area contributed by atoms with Crippen LogP contribution >= 0.6 is 24.0 Å². The van der Waals surface area contributed by atoms with E-state index in [4.69, 9.17) is 45.4 Å². The summed E-state index contributed by atoms with van der Waals surface area (Å²) >= 11 is 6.46. The predicted octanol–water partition coefficient (Wildman–Crippen LogP) is 1.70. The first-order valence-electron chi connectivity index (χ1n) is 11.9. The molecule has 0 N–H and O–H groups in total. The highest BCUT2D eigenvalue weighted by molar-refractivity contribution is 8.26. The van der Waals surface area contributed by atoms with Gasteiger partial charge in [-0.15, -0.1) is 0 Å². The fourth-order valence-corrected chi connectivity index (χ4v) is 5.58. The Labute approximate surface area is 238 Å². The molecule has 2 saturated heterocycles. The molecule has 1 aromatic carbocycles. The van der Waals surface area contributed by atoms with Crippen LogP contribution < -0.4 is 9.47 Å². The Hall–Kier alpha value is -3.69. The van der Waals surface area contributed by atoms with E-state index >= 15 is 0 Å². The molecule has 15 heteroatoms. The largest absolute Gasteiger partial charge is 0.463 e. The number of carbonyl (C=O) groups is 5. The highest BCUT2D eigenvalue weighted by atomic mass is 32.2. The molecule has 13 nitrogen and oxygen atoms in total. The molecule has 3 heterocycles. The van der Waals surface area contributed by atoms with Gasteiger partial charge in [-0.05, 0) is 23.8 Å². The molecule has 0 spiro atoms. The zero-order valence-corrected chi connectivity index (χ0v) is 23.4. The van der Waals surface area contributed by atoms with E-state index in [0.717, 1.165) is 44.4 Å². The average Bonchev–Trinajstić information content (AvgIpc) is 3.43. The number of esters is 4. The van der Waals surface area contributed by atoms with Crippen molar-refractivity contribution in [3.8, 4) is 11.5 Å². The van der Waals surface area contributed by atoms with Gasteiger partial charge in [-0.1, -0.05) is 30.0 Å². The predicted molar refractivity (Wildman–Crippen MR) is 140 cm³/mol. The van der Waals surface area contributed by atoms with Crippen LogP contribution in [0.15, 0.2) is 23.1 Å². The van der Waals surface area contributed by atoms with Crippen molar-refractivity contribution in [2.45, 2.75) is 58.3 Å². The third-order valence-corrected chi connectivity index (χ3v) is 7.07. The lowest BCUT2D eigenvalue weighted by Crippen LogP contribution is -2.66. The van der Waals surface area contributed by atoms with Gasteiger partial charge in [0.15, 0.2) is 40.4 Å². The van der Waals surface area contributed by atoms with Crippen LogP contribution in [0.25, 0.3) is 6.08 Å². The van der Waals surface area contributed by atoms with Gasteiger partial charge in [0.1, 0.15) is 12.7 Å². The van der Waals surface area contributed by atoms with Crippen molar-refractivity contribution in [3.63, 3.8) is 0 Å². The molecule has 1 amide bonds. The van der Waals surface area contributed by atoms with Crippen molar-refractivity contribution in [1.82, 2.24) is 4.90 Å². The van der Waals surface area contributed by atoms with E-state index in [1.165, 1.54) is 0 Å². The standard InChI is InChI=1S/C25H25NO12S2/c1-11(27)32-9-18-20(35-12(2)28)21(36-13(3)29)22(37-14(4)30)24(38-18)26-23(31)19(40-25(26)39)8-15-5-6-16-17(7-15)34-10-33-16/h5-8,18,20-22,24H,9-10H2,1-4H3/b19-8+/t18-,20-,21+,22-,24-/m0/s1. The third kappa shape index (κ3) is 6.54. The Morgan fingerprint density at radius 1 is 0.950 bits per heavy atom. The number of rotatable bonds is 7. The van der Waals surface area contributed by atoms with Gasteiger partial charge < -0.3 is 33.2 Å². The zero-order valence-electron chi connectivity index (χ0n) is 21.8. The second-order valence-corrected chi connectivity index (χ2v) is 10.4. The van der Waals surface area contributed by atoms with Gasteiger partial charge in [-0.25, -0.2) is 0 Å². The number of nitrogens with zero attached hydrogens (tertiary/aromatic N) is 1. The molecule has 3 aliphatic rings. The summed E-state index contributed by atoms with van der Waals surface area (Å²) in [4.78, 5) is 62.6. The molecule has 1 aromatic rings. The number of hydrogen-bond donors (Lipinski definition) is 0. The molecular weight excluding hydrogens is 570 g/mol. The van der Waals surface area contributed by atoms with E-state index in [0.29, 0.717) is 17.1 Å². The Morgan fingerprint density at radius 3 is 2.23 bits per heavy atom. The molecule has 3 aliphatic heterocycles. The van der Waals surface area contributed by atoms with Crippen molar-refractivity contribution in [2.75, 3.05) is 13.4 Å². The number of fused-ring (bicyclic) bond motifs is 1. The lowest BCUT2D eigenvalue weighted by atomic mass is 9.96. The first-order valence-corrected chi connectivity index (χ1v) is 13.1. The van der Waals surface area contributed by atoms with E-state index in [1.54, 1.807) is 24.3 Å². The first-order chi connectivity index (χ1) is 18.9. The number of amides is 1. The van der Waals surface area contributed by atoms with Crippen molar-refractivity contribution < 1.29 is 57.1 Å². The summed E-state index contributed by atoms with van der Waals surface area (Å²) in [6.45, 7) is 4.14. The van der Waals surface area contributed by atoms with Crippen LogP contribution in [-0.2, 0) is 47.7 Å². The minimum absolute atomic E-state index is 0.0536. The minimum atomic E-state index is -1.47. The summed E-state index contributed by atoms with van der Waals surface area (Å²) in [6, 6.07) is 5.13. The van der Waals surface area contributed by atoms with E-state index < -0.39 is 67.0 Å². The quantitative estimate of drug-likeness (QED) is 0.194. The van der Waals surface area contributed by atoms with E-state index in [9.17, 15) is 24.0 Å². The van der Waals surface area contributed by atoms with E-state index in [1.807, 2.05) is 0 Å². The lowest BCUT2D eigenvalue weighted by Gasteiger charge is -2.46. The number of thioether (sulfide) groups is 1. The van der Waals surface area contributed by atoms with Gasteiger partial charge in [0.2, 0.25) is 6.79 Å². The highest BCUT2D eigenvalue weighted by Gasteiger charge is 2.56. The van der Waals surface area contributed by atoms with Gasteiger partial charge >= 0.3 is 23.9 Å². The second kappa shape index (κ2) is 12.2. The summed E-state index contributed by atoms with van der Waals surface area (Å²) in [5.74, 6) is -2.52. The summed E-state index contributed by atoms with van der Waals surface area (Å²) < 4.78 is 38.2. The molecule has 0 saturated carbocycles. The molecule has 0 unspecified atom stereocenters. The molecule has 0 bridgehead atoms. The molecule has 0 radical (unpaired) electrons. The van der Waals surface area contributed by atoms with Crippen LogP contribution in [0.5, 0.6) is 11.5 Å². The van der Waals surface area contributed by atoms with E-state index in [2.05, 4.69) is 0 Å². The Morgan fingerprint density at radius 2 is 1.57 bits per heavy atom. The molecule has 2 fully saturated rings. The molecule has 40 heavy (non-hydrogen) atoms. The Kier molecular flexibility index (Phi) is 8.95. The molecule has 4 rings (SSSR count). The molecule has 0 aliphatic carbocycles.